The molecule has 0 radical (unpaired) electrons. The highest BCUT2D eigenvalue weighted by Gasteiger charge is 2.12. The molecule has 60 valence electrons. The van der Waals surface area contributed by atoms with Gasteiger partial charge in [0.25, 0.3) is 0 Å². The van der Waals surface area contributed by atoms with Crippen molar-refractivity contribution in [3.05, 3.63) is 29.8 Å². The minimum Gasteiger partial charge on any atom is -0.143 e. The standard InChI is InChI=1S/C10H14S/c1-10(2,3)8-5-4-6-9(11)7-8/h4-7,11H,1-3H3. The zero-order valence-electron chi connectivity index (χ0n) is 7.26. The third-order valence-electron chi connectivity index (χ3n) is 1.71. The fraction of sp³-hybridized carbons (Fsp3) is 0.400. The molecule has 0 N–H and O–H groups in total. The summed E-state index contributed by atoms with van der Waals surface area (Å²) in [7, 11) is 0. The number of benzene rings is 1. The second kappa shape index (κ2) is 2.90. The summed E-state index contributed by atoms with van der Waals surface area (Å²) in [6.07, 6.45) is 0. The molecule has 0 atom stereocenters. The Balaban J connectivity index is 3.06. The number of rotatable bonds is 0. The molecule has 1 aromatic rings. The highest BCUT2D eigenvalue weighted by molar-refractivity contribution is 7.80. The molecule has 0 heterocycles. The van der Waals surface area contributed by atoms with E-state index < -0.39 is 0 Å². The van der Waals surface area contributed by atoms with Gasteiger partial charge in [0.15, 0.2) is 0 Å². The first kappa shape index (κ1) is 8.66. The lowest BCUT2D eigenvalue weighted by Crippen LogP contribution is -2.10. The summed E-state index contributed by atoms with van der Waals surface area (Å²) >= 11 is 4.29. The van der Waals surface area contributed by atoms with Gasteiger partial charge in [-0.2, -0.15) is 0 Å². The number of hydrogen-bond acceptors (Lipinski definition) is 1. The van der Waals surface area contributed by atoms with E-state index in [1.165, 1.54) is 5.56 Å². The van der Waals surface area contributed by atoms with Crippen molar-refractivity contribution in [2.24, 2.45) is 0 Å². The van der Waals surface area contributed by atoms with Crippen molar-refractivity contribution in [2.75, 3.05) is 0 Å². The Kier molecular flexibility index (Phi) is 2.28. The average molecular weight is 166 g/mol. The van der Waals surface area contributed by atoms with Crippen LogP contribution in [0.25, 0.3) is 0 Å². The summed E-state index contributed by atoms with van der Waals surface area (Å²) in [5, 5.41) is 0. The van der Waals surface area contributed by atoms with Gasteiger partial charge in [-0.1, -0.05) is 32.9 Å². The summed E-state index contributed by atoms with van der Waals surface area (Å²) in [6.45, 7) is 6.61. The van der Waals surface area contributed by atoms with Gasteiger partial charge < -0.3 is 0 Å². The lowest BCUT2D eigenvalue weighted by molar-refractivity contribution is 0.589. The Morgan fingerprint density at radius 3 is 2.18 bits per heavy atom. The molecule has 0 saturated heterocycles. The SMILES string of the molecule is CC(C)(C)c1cccc(S)c1. The van der Waals surface area contributed by atoms with Gasteiger partial charge in [0, 0.05) is 4.90 Å². The van der Waals surface area contributed by atoms with Crippen LogP contribution in [0.4, 0.5) is 0 Å². The molecule has 0 saturated carbocycles. The highest BCUT2D eigenvalue weighted by Crippen LogP contribution is 2.23. The molecule has 0 bridgehead atoms. The molecule has 1 rings (SSSR count). The lowest BCUT2D eigenvalue weighted by atomic mass is 9.87. The van der Waals surface area contributed by atoms with E-state index >= 15 is 0 Å². The minimum atomic E-state index is 0.235. The second-order valence-corrected chi connectivity index (χ2v) is 4.32. The number of thiol groups is 1. The number of hydrogen-bond donors (Lipinski definition) is 1. The molecule has 0 nitrogen and oxygen atoms in total. The van der Waals surface area contributed by atoms with Gasteiger partial charge in [-0.05, 0) is 23.1 Å². The normalized spacial score (nSPS) is 11.6. The second-order valence-electron chi connectivity index (χ2n) is 3.80. The summed E-state index contributed by atoms with van der Waals surface area (Å²) in [6, 6.07) is 8.30. The van der Waals surface area contributed by atoms with Crippen LogP contribution in [0, 0.1) is 0 Å². The smallest absolute Gasteiger partial charge is 0.00429 e. The Bertz CT molecular complexity index is 245. The van der Waals surface area contributed by atoms with Crippen LogP contribution in [-0.2, 0) is 5.41 Å². The molecule has 0 aliphatic heterocycles. The van der Waals surface area contributed by atoms with Gasteiger partial charge in [-0.15, -0.1) is 12.6 Å². The molecular weight excluding hydrogens is 152 g/mol. The first-order valence-electron chi connectivity index (χ1n) is 3.79. The van der Waals surface area contributed by atoms with Crippen molar-refractivity contribution in [1.82, 2.24) is 0 Å². The van der Waals surface area contributed by atoms with Crippen LogP contribution in [-0.4, -0.2) is 0 Å². The monoisotopic (exact) mass is 166 g/mol. The van der Waals surface area contributed by atoms with Gasteiger partial charge in [0.05, 0.1) is 0 Å². The van der Waals surface area contributed by atoms with E-state index in [-0.39, 0.29) is 5.41 Å². The zero-order chi connectivity index (χ0) is 8.48. The van der Waals surface area contributed by atoms with Crippen LogP contribution in [0.1, 0.15) is 26.3 Å². The predicted octanol–water partition coefficient (Wildman–Crippen LogP) is 3.27. The van der Waals surface area contributed by atoms with Crippen LogP contribution in [0.5, 0.6) is 0 Å². The third kappa shape index (κ3) is 2.26. The first-order chi connectivity index (χ1) is 5.00. The van der Waals surface area contributed by atoms with E-state index in [9.17, 15) is 0 Å². The highest BCUT2D eigenvalue weighted by atomic mass is 32.1. The van der Waals surface area contributed by atoms with Gasteiger partial charge in [0.1, 0.15) is 0 Å². The van der Waals surface area contributed by atoms with Gasteiger partial charge in [-0.3, -0.25) is 0 Å². The molecule has 0 aliphatic rings. The van der Waals surface area contributed by atoms with Gasteiger partial charge in [-0.25, -0.2) is 0 Å². The fourth-order valence-electron chi connectivity index (χ4n) is 0.972. The Hall–Kier alpha value is -0.430. The van der Waals surface area contributed by atoms with Crippen molar-refractivity contribution in [1.29, 1.82) is 0 Å². The van der Waals surface area contributed by atoms with E-state index in [0.717, 1.165) is 4.90 Å². The Morgan fingerprint density at radius 2 is 1.82 bits per heavy atom. The molecule has 0 aliphatic carbocycles. The molecule has 1 heteroatoms. The Labute approximate surface area is 74.0 Å². The van der Waals surface area contributed by atoms with Crippen molar-refractivity contribution in [3.8, 4) is 0 Å². The van der Waals surface area contributed by atoms with Crippen molar-refractivity contribution < 1.29 is 0 Å². The van der Waals surface area contributed by atoms with Gasteiger partial charge in [0.2, 0.25) is 0 Å². The van der Waals surface area contributed by atoms with Crippen LogP contribution in [0.2, 0.25) is 0 Å². The molecule has 0 amide bonds. The van der Waals surface area contributed by atoms with Crippen molar-refractivity contribution in [3.63, 3.8) is 0 Å². The molecule has 0 aromatic heterocycles. The molecule has 11 heavy (non-hydrogen) atoms. The van der Waals surface area contributed by atoms with E-state index in [1.807, 2.05) is 12.1 Å². The quantitative estimate of drug-likeness (QED) is 0.562. The lowest BCUT2D eigenvalue weighted by Gasteiger charge is -2.18. The summed E-state index contributed by atoms with van der Waals surface area (Å²) in [4.78, 5) is 1.04. The largest absolute Gasteiger partial charge is 0.143 e. The molecule has 0 unspecified atom stereocenters. The van der Waals surface area contributed by atoms with Crippen LogP contribution in [0.3, 0.4) is 0 Å². The van der Waals surface area contributed by atoms with Gasteiger partial charge >= 0.3 is 0 Å². The third-order valence-corrected chi connectivity index (χ3v) is 1.99. The molecule has 0 spiro atoms. The maximum absolute atomic E-state index is 4.29. The molecule has 1 aromatic carbocycles. The molecule has 0 fully saturated rings. The van der Waals surface area contributed by atoms with Crippen LogP contribution in [0.15, 0.2) is 29.2 Å². The maximum atomic E-state index is 4.29. The van der Waals surface area contributed by atoms with Crippen LogP contribution >= 0.6 is 12.6 Å². The summed E-state index contributed by atoms with van der Waals surface area (Å²) in [5.74, 6) is 0. The maximum Gasteiger partial charge on any atom is 0.00429 e. The summed E-state index contributed by atoms with van der Waals surface area (Å²) < 4.78 is 0. The first-order valence-corrected chi connectivity index (χ1v) is 4.24. The van der Waals surface area contributed by atoms with E-state index in [4.69, 9.17) is 0 Å². The minimum absolute atomic E-state index is 0.235. The topological polar surface area (TPSA) is 0 Å². The predicted molar refractivity (Wildman–Crippen MR) is 52.4 cm³/mol. The van der Waals surface area contributed by atoms with E-state index in [2.05, 4.69) is 45.5 Å². The van der Waals surface area contributed by atoms with E-state index in [1.54, 1.807) is 0 Å². The Morgan fingerprint density at radius 1 is 1.18 bits per heavy atom. The zero-order valence-corrected chi connectivity index (χ0v) is 8.15. The van der Waals surface area contributed by atoms with Crippen LogP contribution < -0.4 is 0 Å². The van der Waals surface area contributed by atoms with E-state index in [0.29, 0.717) is 0 Å². The molecular formula is C10H14S. The summed E-state index contributed by atoms with van der Waals surface area (Å²) in [5.41, 5.74) is 1.57. The van der Waals surface area contributed by atoms with Crippen molar-refractivity contribution >= 4 is 12.6 Å². The average Bonchev–Trinajstić information content (AvgIpc) is 1.86. The van der Waals surface area contributed by atoms with Crippen molar-refractivity contribution in [2.45, 2.75) is 31.1 Å². The fourth-order valence-corrected chi connectivity index (χ4v) is 1.20.